The second-order valence-electron chi connectivity index (χ2n) is 5.41. The van der Waals surface area contributed by atoms with Crippen LogP contribution in [-0.2, 0) is 11.3 Å². The summed E-state index contributed by atoms with van der Waals surface area (Å²) >= 11 is 0. The van der Waals surface area contributed by atoms with Gasteiger partial charge in [0, 0.05) is 13.1 Å². The first-order valence-corrected chi connectivity index (χ1v) is 6.17. The molecule has 1 aliphatic heterocycles. The molecule has 1 heterocycles. The van der Waals surface area contributed by atoms with Gasteiger partial charge in [0.15, 0.2) is 0 Å². The fourth-order valence-electron chi connectivity index (χ4n) is 2.37. The normalized spacial score (nSPS) is 17.8. The van der Waals surface area contributed by atoms with Gasteiger partial charge in [0.05, 0.1) is 25.2 Å². The van der Waals surface area contributed by atoms with Crippen LogP contribution in [0.15, 0.2) is 18.2 Å². The molecule has 100 valence electrons. The Labute approximate surface area is 107 Å². The topological polar surface area (TPSA) is 32.7 Å². The van der Waals surface area contributed by atoms with E-state index in [4.69, 9.17) is 4.74 Å². The van der Waals surface area contributed by atoms with Crippen LogP contribution in [0, 0.1) is 18.2 Å². The molecule has 1 aliphatic rings. The molecule has 0 aliphatic carbocycles. The smallest absolute Gasteiger partial charge is 0.126 e. The van der Waals surface area contributed by atoms with Gasteiger partial charge in [-0.1, -0.05) is 12.1 Å². The Hall–Kier alpha value is -0.970. The van der Waals surface area contributed by atoms with E-state index >= 15 is 0 Å². The predicted octanol–water partition coefficient (Wildman–Crippen LogP) is 1.57. The molecule has 1 saturated heterocycles. The zero-order chi connectivity index (χ0) is 13.2. The zero-order valence-electron chi connectivity index (χ0n) is 10.9. The molecular formula is C14H20FNO2. The van der Waals surface area contributed by atoms with Crippen LogP contribution >= 0.6 is 0 Å². The summed E-state index contributed by atoms with van der Waals surface area (Å²) in [6, 6.07) is 5.18. The molecule has 4 heteroatoms. The monoisotopic (exact) mass is 253 g/mol. The minimum Gasteiger partial charge on any atom is -0.396 e. The van der Waals surface area contributed by atoms with Gasteiger partial charge >= 0.3 is 0 Å². The highest BCUT2D eigenvalue weighted by molar-refractivity contribution is 5.23. The molecular weight excluding hydrogens is 233 g/mol. The molecule has 1 aromatic carbocycles. The third-order valence-corrected chi connectivity index (χ3v) is 3.43. The Balaban J connectivity index is 1.94. The van der Waals surface area contributed by atoms with Gasteiger partial charge in [-0.15, -0.1) is 0 Å². The number of nitrogens with zero attached hydrogens (tertiary/aromatic N) is 1. The van der Waals surface area contributed by atoms with E-state index in [1.54, 1.807) is 6.92 Å². The van der Waals surface area contributed by atoms with E-state index in [0.717, 1.165) is 18.7 Å². The fraction of sp³-hybridized carbons (Fsp3) is 0.571. The SMILES string of the molecule is Cc1cc(CN(C)CC2(CO)COC2)ccc1F. The summed E-state index contributed by atoms with van der Waals surface area (Å²) in [5, 5.41) is 9.38. The number of hydrogen-bond donors (Lipinski definition) is 1. The molecule has 0 unspecified atom stereocenters. The van der Waals surface area contributed by atoms with Crippen molar-refractivity contribution < 1.29 is 14.2 Å². The molecule has 0 bridgehead atoms. The molecule has 1 fully saturated rings. The molecule has 0 atom stereocenters. The molecule has 1 N–H and O–H groups in total. The second kappa shape index (κ2) is 5.34. The number of benzene rings is 1. The summed E-state index contributed by atoms with van der Waals surface area (Å²) in [6.45, 7) is 4.71. The lowest BCUT2D eigenvalue weighted by Crippen LogP contribution is -2.52. The average molecular weight is 253 g/mol. The molecule has 0 aromatic heterocycles. The van der Waals surface area contributed by atoms with Crippen molar-refractivity contribution in [2.24, 2.45) is 5.41 Å². The number of aliphatic hydroxyl groups excluding tert-OH is 1. The van der Waals surface area contributed by atoms with Crippen LogP contribution in [0.3, 0.4) is 0 Å². The van der Waals surface area contributed by atoms with E-state index < -0.39 is 0 Å². The number of aryl methyl sites for hydroxylation is 1. The lowest BCUT2D eigenvalue weighted by atomic mass is 9.86. The number of hydrogen-bond acceptors (Lipinski definition) is 3. The van der Waals surface area contributed by atoms with Gasteiger partial charge in [0.2, 0.25) is 0 Å². The quantitative estimate of drug-likeness (QED) is 0.864. The number of aliphatic hydroxyl groups is 1. The lowest BCUT2D eigenvalue weighted by Gasteiger charge is -2.42. The summed E-state index contributed by atoms with van der Waals surface area (Å²) < 4.78 is 18.3. The van der Waals surface area contributed by atoms with Crippen LogP contribution in [0.1, 0.15) is 11.1 Å². The second-order valence-corrected chi connectivity index (χ2v) is 5.41. The Morgan fingerprint density at radius 2 is 2.17 bits per heavy atom. The van der Waals surface area contributed by atoms with E-state index in [2.05, 4.69) is 4.90 Å². The number of halogens is 1. The van der Waals surface area contributed by atoms with Crippen LogP contribution in [0.25, 0.3) is 0 Å². The third kappa shape index (κ3) is 2.88. The van der Waals surface area contributed by atoms with Gasteiger partial charge in [0.1, 0.15) is 5.82 Å². The van der Waals surface area contributed by atoms with Gasteiger partial charge in [-0.05, 0) is 31.2 Å². The van der Waals surface area contributed by atoms with Crippen LogP contribution in [0.2, 0.25) is 0 Å². The number of ether oxygens (including phenoxy) is 1. The molecule has 0 amide bonds. The van der Waals surface area contributed by atoms with E-state index in [-0.39, 0.29) is 17.8 Å². The summed E-state index contributed by atoms with van der Waals surface area (Å²) in [6.07, 6.45) is 0. The van der Waals surface area contributed by atoms with Gasteiger partial charge < -0.3 is 14.7 Å². The zero-order valence-corrected chi connectivity index (χ0v) is 10.9. The molecule has 0 spiro atoms. The minimum atomic E-state index is -0.166. The van der Waals surface area contributed by atoms with Gasteiger partial charge in [-0.3, -0.25) is 0 Å². The van der Waals surface area contributed by atoms with E-state index in [9.17, 15) is 9.50 Å². The van der Waals surface area contributed by atoms with Crippen molar-refractivity contribution in [3.63, 3.8) is 0 Å². The average Bonchev–Trinajstić information content (AvgIpc) is 2.29. The molecule has 0 saturated carbocycles. The van der Waals surface area contributed by atoms with Crippen molar-refractivity contribution in [3.05, 3.63) is 35.1 Å². The van der Waals surface area contributed by atoms with Crippen LogP contribution in [-0.4, -0.2) is 43.4 Å². The highest BCUT2D eigenvalue weighted by Gasteiger charge is 2.38. The van der Waals surface area contributed by atoms with Crippen molar-refractivity contribution >= 4 is 0 Å². The first kappa shape index (κ1) is 13.5. The lowest BCUT2D eigenvalue weighted by molar-refractivity contribution is -0.147. The third-order valence-electron chi connectivity index (χ3n) is 3.43. The highest BCUT2D eigenvalue weighted by atomic mass is 19.1. The molecule has 2 rings (SSSR count). The van der Waals surface area contributed by atoms with Crippen LogP contribution < -0.4 is 0 Å². The molecule has 18 heavy (non-hydrogen) atoms. The maximum absolute atomic E-state index is 13.2. The number of rotatable bonds is 5. The Morgan fingerprint density at radius 3 is 2.67 bits per heavy atom. The Morgan fingerprint density at radius 1 is 1.44 bits per heavy atom. The Kier molecular flexibility index (Phi) is 4.00. The summed E-state index contributed by atoms with van der Waals surface area (Å²) in [5.41, 5.74) is 1.65. The summed E-state index contributed by atoms with van der Waals surface area (Å²) in [4.78, 5) is 2.14. The van der Waals surface area contributed by atoms with Crippen molar-refractivity contribution in [2.75, 3.05) is 33.4 Å². The molecule has 3 nitrogen and oxygen atoms in total. The molecule has 1 aromatic rings. The predicted molar refractivity (Wildman–Crippen MR) is 67.8 cm³/mol. The molecule has 0 radical (unpaired) electrons. The largest absolute Gasteiger partial charge is 0.396 e. The maximum Gasteiger partial charge on any atom is 0.126 e. The van der Waals surface area contributed by atoms with Crippen molar-refractivity contribution in [2.45, 2.75) is 13.5 Å². The van der Waals surface area contributed by atoms with Crippen molar-refractivity contribution in [1.29, 1.82) is 0 Å². The van der Waals surface area contributed by atoms with E-state index in [1.807, 2.05) is 19.2 Å². The maximum atomic E-state index is 13.2. The minimum absolute atomic E-state index is 0.107. The van der Waals surface area contributed by atoms with Crippen LogP contribution in [0.5, 0.6) is 0 Å². The van der Waals surface area contributed by atoms with Gasteiger partial charge in [0.25, 0.3) is 0 Å². The first-order valence-electron chi connectivity index (χ1n) is 6.17. The van der Waals surface area contributed by atoms with Crippen molar-refractivity contribution in [1.82, 2.24) is 4.90 Å². The summed E-state index contributed by atoms with van der Waals surface area (Å²) in [7, 11) is 2.01. The first-order chi connectivity index (χ1) is 8.54. The highest BCUT2D eigenvalue weighted by Crippen LogP contribution is 2.28. The van der Waals surface area contributed by atoms with Crippen LogP contribution in [0.4, 0.5) is 4.39 Å². The standard InChI is InChI=1S/C14H20FNO2/c1-11-5-12(3-4-13(11)15)6-16(2)7-14(8-17)9-18-10-14/h3-5,17H,6-10H2,1-2H3. The van der Waals surface area contributed by atoms with E-state index in [0.29, 0.717) is 18.8 Å². The summed E-state index contributed by atoms with van der Waals surface area (Å²) in [5.74, 6) is -0.166. The van der Waals surface area contributed by atoms with Crippen molar-refractivity contribution in [3.8, 4) is 0 Å². The van der Waals surface area contributed by atoms with Gasteiger partial charge in [-0.2, -0.15) is 0 Å². The van der Waals surface area contributed by atoms with Gasteiger partial charge in [-0.25, -0.2) is 4.39 Å². The Bertz CT molecular complexity index is 413. The van der Waals surface area contributed by atoms with E-state index in [1.165, 1.54) is 6.07 Å². The fourth-order valence-corrected chi connectivity index (χ4v) is 2.37.